The number of nitrogens with zero attached hydrogens (tertiary/aromatic N) is 4. The number of aryl methyl sites for hydroxylation is 1. The molecular weight excluding hydrogens is 468 g/mol. The second kappa shape index (κ2) is 10.3. The third-order valence-electron chi connectivity index (χ3n) is 6.64. The van der Waals surface area contributed by atoms with Crippen molar-refractivity contribution in [2.45, 2.75) is 26.2 Å². The SMILES string of the molecule is CCN1c2ncc(CCOc3cccc4c(CCC(=O)O)cccc34)cc2C(=O)N(C)c2cccnc21. The highest BCUT2D eigenvalue weighted by molar-refractivity contribution is 6.12. The van der Waals surface area contributed by atoms with Gasteiger partial charge in [0.1, 0.15) is 11.6 Å². The normalized spacial score (nSPS) is 12.8. The fourth-order valence-electron chi connectivity index (χ4n) is 4.77. The first kappa shape index (κ1) is 24.2. The monoisotopic (exact) mass is 496 g/mol. The highest BCUT2D eigenvalue weighted by Crippen LogP contribution is 2.37. The van der Waals surface area contributed by atoms with E-state index in [9.17, 15) is 9.59 Å². The number of aromatic nitrogens is 2. The maximum absolute atomic E-state index is 13.3. The highest BCUT2D eigenvalue weighted by atomic mass is 16.5. The van der Waals surface area contributed by atoms with Gasteiger partial charge in [-0.25, -0.2) is 9.97 Å². The summed E-state index contributed by atoms with van der Waals surface area (Å²) in [6.45, 7) is 3.05. The molecule has 0 spiro atoms. The van der Waals surface area contributed by atoms with E-state index in [4.69, 9.17) is 9.84 Å². The Balaban J connectivity index is 1.36. The summed E-state index contributed by atoms with van der Waals surface area (Å²) in [5.41, 5.74) is 3.17. The van der Waals surface area contributed by atoms with Gasteiger partial charge in [0.05, 0.1) is 17.9 Å². The Bertz CT molecular complexity index is 1490. The summed E-state index contributed by atoms with van der Waals surface area (Å²) in [7, 11) is 1.76. The number of amides is 1. The van der Waals surface area contributed by atoms with Gasteiger partial charge in [-0.3, -0.25) is 9.59 Å². The Kier molecular flexibility index (Phi) is 6.72. The van der Waals surface area contributed by atoms with E-state index in [-0.39, 0.29) is 12.3 Å². The van der Waals surface area contributed by atoms with E-state index in [1.54, 1.807) is 24.3 Å². The van der Waals surface area contributed by atoms with Crippen molar-refractivity contribution in [3.63, 3.8) is 0 Å². The molecule has 5 rings (SSSR count). The van der Waals surface area contributed by atoms with Gasteiger partial charge in [0.25, 0.3) is 5.91 Å². The van der Waals surface area contributed by atoms with Crippen LogP contribution in [0.1, 0.15) is 34.8 Å². The van der Waals surface area contributed by atoms with E-state index >= 15 is 0 Å². The number of aliphatic carboxylic acids is 1. The second-order valence-electron chi connectivity index (χ2n) is 8.93. The summed E-state index contributed by atoms with van der Waals surface area (Å²) in [5.74, 6) is 1.11. The molecule has 8 heteroatoms. The molecule has 1 aliphatic rings. The van der Waals surface area contributed by atoms with Crippen LogP contribution in [0.25, 0.3) is 10.8 Å². The maximum Gasteiger partial charge on any atom is 0.303 e. The Labute approximate surface area is 215 Å². The molecule has 0 bridgehead atoms. The fourth-order valence-corrected chi connectivity index (χ4v) is 4.77. The van der Waals surface area contributed by atoms with Gasteiger partial charge in [-0.15, -0.1) is 0 Å². The minimum atomic E-state index is -0.814. The van der Waals surface area contributed by atoms with Crippen LogP contribution >= 0.6 is 0 Å². The largest absolute Gasteiger partial charge is 0.493 e. The van der Waals surface area contributed by atoms with Crippen molar-refractivity contribution in [2.75, 3.05) is 30.0 Å². The molecule has 37 heavy (non-hydrogen) atoms. The van der Waals surface area contributed by atoms with E-state index in [1.807, 2.05) is 66.4 Å². The summed E-state index contributed by atoms with van der Waals surface area (Å²) < 4.78 is 6.15. The Morgan fingerprint density at radius 1 is 1.00 bits per heavy atom. The summed E-state index contributed by atoms with van der Waals surface area (Å²) in [6.07, 6.45) is 4.63. The zero-order valence-corrected chi connectivity index (χ0v) is 20.8. The van der Waals surface area contributed by atoms with Crippen molar-refractivity contribution in [1.29, 1.82) is 0 Å². The second-order valence-corrected chi connectivity index (χ2v) is 8.93. The first-order valence-corrected chi connectivity index (χ1v) is 12.3. The molecule has 188 valence electrons. The number of rotatable bonds is 8. The Morgan fingerprint density at radius 3 is 2.62 bits per heavy atom. The number of hydrogen-bond donors (Lipinski definition) is 1. The lowest BCUT2D eigenvalue weighted by Crippen LogP contribution is -2.25. The van der Waals surface area contributed by atoms with Crippen LogP contribution in [-0.4, -0.2) is 47.2 Å². The first-order chi connectivity index (χ1) is 18.0. The average Bonchev–Trinajstić information content (AvgIpc) is 3.00. The van der Waals surface area contributed by atoms with Gasteiger partial charge in [-0.05, 0) is 54.1 Å². The Hall–Kier alpha value is -4.46. The van der Waals surface area contributed by atoms with Crippen LogP contribution < -0.4 is 14.5 Å². The quantitative estimate of drug-likeness (QED) is 0.366. The van der Waals surface area contributed by atoms with Crippen molar-refractivity contribution in [1.82, 2.24) is 9.97 Å². The molecule has 0 radical (unpaired) electrons. The minimum Gasteiger partial charge on any atom is -0.493 e. The van der Waals surface area contributed by atoms with Gasteiger partial charge in [0, 0.05) is 44.2 Å². The molecular formula is C29H28N4O4. The van der Waals surface area contributed by atoms with Crippen molar-refractivity contribution >= 4 is 40.0 Å². The molecule has 0 unspecified atom stereocenters. The van der Waals surface area contributed by atoms with Gasteiger partial charge in [0.15, 0.2) is 5.82 Å². The third kappa shape index (κ3) is 4.70. The van der Waals surface area contributed by atoms with Crippen LogP contribution in [0.2, 0.25) is 0 Å². The van der Waals surface area contributed by atoms with Crippen LogP contribution in [0, 0.1) is 0 Å². The van der Waals surface area contributed by atoms with Gasteiger partial charge >= 0.3 is 5.97 Å². The van der Waals surface area contributed by atoms with Crippen LogP contribution in [-0.2, 0) is 17.6 Å². The molecule has 0 fully saturated rings. The predicted octanol–water partition coefficient (Wildman–Crippen LogP) is 5.02. The standard InChI is InChI=1S/C29H28N4O4/c1-3-33-27-23(29(36)32(2)24-10-6-15-30-28(24)33)17-19(18-31-27)14-16-37-25-11-5-8-21-20(12-13-26(34)35)7-4-9-22(21)25/h4-11,15,17-18H,3,12-14,16H2,1-2H3,(H,34,35). The summed E-state index contributed by atoms with van der Waals surface area (Å²) >= 11 is 0. The van der Waals surface area contributed by atoms with Gasteiger partial charge in [-0.1, -0.05) is 30.3 Å². The zero-order chi connectivity index (χ0) is 25.9. The number of fused-ring (bicyclic) bond motifs is 3. The van der Waals surface area contributed by atoms with Crippen molar-refractivity contribution in [3.05, 3.63) is 83.7 Å². The van der Waals surface area contributed by atoms with Gasteiger partial charge < -0.3 is 19.6 Å². The fraction of sp³-hybridized carbons (Fsp3) is 0.241. The number of carbonyl (C=O) groups excluding carboxylic acids is 1. The molecule has 0 saturated carbocycles. The number of pyridine rings is 2. The number of carbonyl (C=O) groups is 2. The molecule has 2 aromatic carbocycles. The summed E-state index contributed by atoms with van der Waals surface area (Å²) in [4.78, 5) is 37.1. The van der Waals surface area contributed by atoms with Crippen molar-refractivity contribution in [2.24, 2.45) is 0 Å². The number of hydrogen-bond acceptors (Lipinski definition) is 6. The number of carboxylic acid groups (broad SMARTS) is 1. The van der Waals surface area contributed by atoms with Crippen LogP contribution in [0.5, 0.6) is 5.75 Å². The zero-order valence-electron chi connectivity index (χ0n) is 20.8. The topological polar surface area (TPSA) is 95.9 Å². The molecule has 1 aliphatic heterocycles. The van der Waals surface area contributed by atoms with Crippen molar-refractivity contribution in [3.8, 4) is 5.75 Å². The molecule has 1 N–H and O–H groups in total. The van der Waals surface area contributed by atoms with Gasteiger partial charge in [0.2, 0.25) is 0 Å². The maximum atomic E-state index is 13.3. The number of benzene rings is 2. The van der Waals surface area contributed by atoms with E-state index in [1.165, 1.54) is 0 Å². The smallest absolute Gasteiger partial charge is 0.303 e. The minimum absolute atomic E-state index is 0.0834. The lowest BCUT2D eigenvalue weighted by atomic mass is 10.0. The molecule has 0 aliphatic carbocycles. The van der Waals surface area contributed by atoms with Crippen LogP contribution in [0.3, 0.4) is 0 Å². The van der Waals surface area contributed by atoms with E-state index in [0.717, 1.165) is 33.3 Å². The average molecular weight is 497 g/mol. The van der Waals surface area contributed by atoms with E-state index in [0.29, 0.717) is 43.2 Å². The lowest BCUT2D eigenvalue weighted by molar-refractivity contribution is -0.136. The molecule has 3 heterocycles. The molecule has 4 aromatic rings. The van der Waals surface area contributed by atoms with Crippen LogP contribution in [0.4, 0.5) is 17.3 Å². The predicted molar refractivity (Wildman–Crippen MR) is 143 cm³/mol. The number of ether oxygens (including phenoxy) is 1. The van der Waals surface area contributed by atoms with Crippen LogP contribution in [0.15, 0.2) is 67.0 Å². The molecule has 8 nitrogen and oxygen atoms in total. The molecule has 2 aromatic heterocycles. The molecule has 0 saturated heterocycles. The lowest BCUT2D eigenvalue weighted by Gasteiger charge is -2.22. The third-order valence-corrected chi connectivity index (χ3v) is 6.64. The summed E-state index contributed by atoms with van der Waals surface area (Å²) in [6, 6.07) is 17.3. The number of anilines is 3. The molecule has 0 atom stereocenters. The summed E-state index contributed by atoms with van der Waals surface area (Å²) in [5, 5.41) is 11.0. The van der Waals surface area contributed by atoms with E-state index in [2.05, 4.69) is 9.97 Å². The van der Waals surface area contributed by atoms with Crippen molar-refractivity contribution < 1.29 is 19.4 Å². The van der Waals surface area contributed by atoms with E-state index < -0.39 is 5.97 Å². The number of carboxylic acids is 1. The molecule has 1 amide bonds. The Morgan fingerprint density at radius 2 is 1.81 bits per heavy atom. The van der Waals surface area contributed by atoms with Gasteiger partial charge in [-0.2, -0.15) is 0 Å². The first-order valence-electron chi connectivity index (χ1n) is 12.3. The highest BCUT2D eigenvalue weighted by Gasteiger charge is 2.30.